The minimum absolute atomic E-state index is 0.128. The number of furan rings is 1. The summed E-state index contributed by atoms with van der Waals surface area (Å²) in [5.41, 5.74) is 0.925. The van der Waals surface area contributed by atoms with Gasteiger partial charge < -0.3 is 9.21 Å². The van der Waals surface area contributed by atoms with Gasteiger partial charge in [0, 0.05) is 17.7 Å². The predicted molar refractivity (Wildman–Crippen MR) is 68.9 cm³/mol. The van der Waals surface area contributed by atoms with Crippen LogP contribution >= 0.6 is 0 Å². The average Bonchev–Trinajstić information content (AvgIpc) is 2.72. The van der Waals surface area contributed by atoms with Crippen LogP contribution < -0.4 is 0 Å². The second-order valence-electron chi connectivity index (χ2n) is 4.64. The van der Waals surface area contributed by atoms with E-state index in [1.54, 1.807) is 0 Å². The first-order valence-corrected chi connectivity index (χ1v) is 6.17. The van der Waals surface area contributed by atoms with Crippen LogP contribution in [0.5, 0.6) is 0 Å². The lowest BCUT2D eigenvalue weighted by Gasteiger charge is -2.15. The Morgan fingerprint density at radius 3 is 2.76 bits per heavy atom. The lowest BCUT2D eigenvalue weighted by atomic mass is 9.89. The van der Waals surface area contributed by atoms with Gasteiger partial charge in [-0.25, -0.2) is 0 Å². The van der Waals surface area contributed by atoms with Gasteiger partial charge in [0.25, 0.3) is 0 Å². The Bertz CT molecular complexity index is 465. The molecule has 2 nitrogen and oxygen atoms in total. The number of hydrogen-bond donors (Lipinski definition) is 0. The third-order valence-corrected chi connectivity index (χ3v) is 3.38. The lowest BCUT2D eigenvalue weighted by molar-refractivity contribution is -0.112. The highest BCUT2D eigenvalue weighted by atomic mass is 16.3. The van der Waals surface area contributed by atoms with Gasteiger partial charge in [-0.1, -0.05) is 32.0 Å². The SMILES string of the molecule is CCC(C=O)C(C)Cc1cc2ccccc2o1. The van der Waals surface area contributed by atoms with Crippen LogP contribution in [-0.2, 0) is 11.2 Å². The van der Waals surface area contributed by atoms with E-state index in [0.29, 0.717) is 5.92 Å². The van der Waals surface area contributed by atoms with Crippen molar-refractivity contribution >= 4 is 17.3 Å². The van der Waals surface area contributed by atoms with E-state index < -0.39 is 0 Å². The number of carbonyl (C=O) groups excluding carboxylic acids is 1. The third kappa shape index (κ3) is 2.57. The molecule has 0 bridgehead atoms. The van der Waals surface area contributed by atoms with Crippen LogP contribution in [0.25, 0.3) is 11.0 Å². The fraction of sp³-hybridized carbons (Fsp3) is 0.400. The fourth-order valence-corrected chi connectivity index (χ4v) is 2.24. The number of carbonyl (C=O) groups is 1. The summed E-state index contributed by atoms with van der Waals surface area (Å²) in [6.45, 7) is 4.16. The normalized spacial score (nSPS) is 14.7. The molecule has 1 heterocycles. The highest BCUT2D eigenvalue weighted by molar-refractivity contribution is 5.77. The van der Waals surface area contributed by atoms with Gasteiger partial charge in [-0.05, 0) is 24.5 Å². The van der Waals surface area contributed by atoms with Gasteiger partial charge in [0.1, 0.15) is 17.6 Å². The van der Waals surface area contributed by atoms with Crippen molar-refractivity contribution in [2.45, 2.75) is 26.7 Å². The molecule has 1 aromatic carbocycles. The fourth-order valence-electron chi connectivity index (χ4n) is 2.24. The summed E-state index contributed by atoms with van der Waals surface area (Å²) in [4.78, 5) is 10.9. The van der Waals surface area contributed by atoms with E-state index in [1.165, 1.54) is 0 Å². The van der Waals surface area contributed by atoms with Crippen LogP contribution in [-0.4, -0.2) is 6.29 Å². The van der Waals surface area contributed by atoms with Crippen molar-refractivity contribution in [1.29, 1.82) is 0 Å². The van der Waals surface area contributed by atoms with Gasteiger partial charge in [0.2, 0.25) is 0 Å². The topological polar surface area (TPSA) is 30.2 Å². The predicted octanol–water partition coefficient (Wildman–Crippen LogP) is 3.84. The first-order chi connectivity index (χ1) is 8.24. The molecule has 2 rings (SSSR count). The molecule has 0 spiro atoms. The quantitative estimate of drug-likeness (QED) is 0.730. The molecule has 2 heteroatoms. The molecule has 1 aromatic heterocycles. The van der Waals surface area contributed by atoms with E-state index in [2.05, 4.69) is 13.0 Å². The molecule has 0 aliphatic rings. The summed E-state index contributed by atoms with van der Waals surface area (Å²) in [5.74, 6) is 1.43. The van der Waals surface area contributed by atoms with E-state index >= 15 is 0 Å². The Morgan fingerprint density at radius 1 is 1.35 bits per heavy atom. The molecule has 0 aliphatic heterocycles. The zero-order valence-corrected chi connectivity index (χ0v) is 10.3. The lowest BCUT2D eigenvalue weighted by Crippen LogP contribution is -2.14. The molecule has 17 heavy (non-hydrogen) atoms. The number of benzene rings is 1. The number of hydrogen-bond acceptors (Lipinski definition) is 2. The number of fused-ring (bicyclic) bond motifs is 1. The average molecular weight is 230 g/mol. The maximum absolute atomic E-state index is 10.9. The Labute approximate surface area is 102 Å². The van der Waals surface area contributed by atoms with Crippen LogP contribution in [0, 0.1) is 11.8 Å². The van der Waals surface area contributed by atoms with E-state index in [4.69, 9.17) is 4.42 Å². The molecular weight excluding hydrogens is 212 g/mol. The Hall–Kier alpha value is -1.57. The van der Waals surface area contributed by atoms with Crippen LogP contribution in [0.2, 0.25) is 0 Å². The minimum atomic E-state index is 0.128. The summed E-state index contributed by atoms with van der Waals surface area (Å²) in [7, 11) is 0. The van der Waals surface area contributed by atoms with E-state index in [-0.39, 0.29) is 5.92 Å². The van der Waals surface area contributed by atoms with Crippen molar-refractivity contribution in [2.24, 2.45) is 11.8 Å². The third-order valence-electron chi connectivity index (χ3n) is 3.38. The minimum Gasteiger partial charge on any atom is -0.461 e. The molecule has 2 aromatic rings. The molecule has 0 saturated heterocycles. The summed E-state index contributed by atoms with van der Waals surface area (Å²) < 4.78 is 5.76. The second kappa shape index (κ2) is 5.17. The Balaban J connectivity index is 2.15. The van der Waals surface area contributed by atoms with Crippen molar-refractivity contribution < 1.29 is 9.21 Å². The van der Waals surface area contributed by atoms with Gasteiger partial charge in [0.15, 0.2) is 0 Å². The molecule has 0 N–H and O–H groups in total. The largest absolute Gasteiger partial charge is 0.461 e. The zero-order valence-electron chi connectivity index (χ0n) is 10.3. The molecule has 0 amide bonds. The summed E-state index contributed by atoms with van der Waals surface area (Å²) in [5, 5.41) is 1.13. The van der Waals surface area contributed by atoms with E-state index in [0.717, 1.165) is 35.9 Å². The maximum atomic E-state index is 10.9. The molecule has 0 saturated carbocycles. The van der Waals surface area contributed by atoms with Crippen LogP contribution in [0.4, 0.5) is 0 Å². The number of para-hydroxylation sites is 1. The standard InChI is InChI=1S/C15H18O2/c1-3-12(10-16)11(2)8-14-9-13-6-4-5-7-15(13)17-14/h4-7,9-12H,3,8H2,1-2H3. The van der Waals surface area contributed by atoms with Crippen LogP contribution in [0.3, 0.4) is 0 Å². The van der Waals surface area contributed by atoms with Crippen molar-refractivity contribution in [2.75, 3.05) is 0 Å². The van der Waals surface area contributed by atoms with Gasteiger partial charge >= 0.3 is 0 Å². The highest BCUT2D eigenvalue weighted by Gasteiger charge is 2.16. The summed E-state index contributed by atoms with van der Waals surface area (Å²) in [6.07, 6.45) is 2.78. The van der Waals surface area contributed by atoms with Crippen molar-refractivity contribution in [3.8, 4) is 0 Å². The summed E-state index contributed by atoms with van der Waals surface area (Å²) in [6, 6.07) is 10.1. The number of aldehydes is 1. The maximum Gasteiger partial charge on any atom is 0.134 e. The van der Waals surface area contributed by atoms with Gasteiger partial charge in [0.05, 0.1) is 0 Å². The molecule has 2 unspecified atom stereocenters. The molecule has 2 atom stereocenters. The first-order valence-electron chi connectivity index (χ1n) is 6.17. The highest BCUT2D eigenvalue weighted by Crippen LogP contribution is 2.24. The van der Waals surface area contributed by atoms with E-state index in [1.807, 2.05) is 31.2 Å². The van der Waals surface area contributed by atoms with Gasteiger partial charge in [-0.3, -0.25) is 0 Å². The summed E-state index contributed by atoms with van der Waals surface area (Å²) >= 11 is 0. The monoisotopic (exact) mass is 230 g/mol. The van der Waals surface area contributed by atoms with Crippen molar-refractivity contribution in [3.05, 3.63) is 36.1 Å². The molecule has 0 aliphatic carbocycles. The molecular formula is C15H18O2. The van der Waals surface area contributed by atoms with Crippen molar-refractivity contribution in [3.63, 3.8) is 0 Å². The molecule has 0 fully saturated rings. The zero-order chi connectivity index (χ0) is 12.3. The number of rotatable bonds is 5. The van der Waals surface area contributed by atoms with Gasteiger partial charge in [-0.2, -0.15) is 0 Å². The second-order valence-corrected chi connectivity index (χ2v) is 4.64. The van der Waals surface area contributed by atoms with Gasteiger partial charge in [-0.15, -0.1) is 0 Å². The Kier molecular flexibility index (Phi) is 3.62. The smallest absolute Gasteiger partial charge is 0.134 e. The first kappa shape index (κ1) is 11.9. The van der Waals surface area contributed by atoms with Crippen LogP contribution in [0.1, 0.15) is 26.0 Å². The van der Waals surface area contributed by atoms with Crippen molar-refractivity contribution in [1.82, 2.24) is 0 Å². The van der Waals surface area contributed by atoms with Crippen LogP contribution in [0.15, 0.2) is 34.7 Å². The molecule has 0 radical (unpaired) electrons. The molecule has 90 valence electrons. The Morgan fingerprint density at radius 2 is 2.12 bits per heavy atom. The van der Waals surface area contributed by atoms with E-state index in [9.17, 15) is 4.79 Å².